The Morgan fingerprint density at radius 2 is 2.35 bits per heavy atom. The lowest BCUT2D eigenvalue weighted by Gasteiger charge is -2.24. The lowest BCUT2D eigenvalue weighted by atomic mass is 10.1. The van der Waals surface area contributed by atoms with Gasteiger partial charge >= 0.3 is 0 Å². The second kappa shape index (κ2) is 5.22. The molecular weight excluding hydrogens is 308 g/mol. The van der Waals surface area contributed by atoms with E-state index in [1.807, 2.05) is 0 Å². The third kappa shape index (κ3) is 2.13. The van der Waals surface area contributed by atoms with E-state index in [1.165, 1.54) is 10.9 Å². The highest BCUT2D eigenvalue weighted by Gasteiger charge is 2.55. The Kier molecular flexibility index (Phi) is 3.47. The van der Waals surface area contributed by atoms with E-state index in [-0.39, 0.29) is 11.8 Å². The Labute approximate surface area is 129 Å². The number of aliphatic hydroxyl groups excluding tert-OH is 3. The molecule has 3 rings (SSSR count). The first kappa shape index (κ1) is 15.3. The predicted octanol–water partition coefficient (Wildman–Crippen LogP) is -1.35. The standard InChI is InChI=1S/C11H14N8O4/c1-4-5-8(16-10(12)15-4)19(3-14-5)9-6(21)7(22)11(2-20,23-9)17-18-13/h3,6-7,9,20-22H,1-2H2,(H3,12,15,16)/t6-,7+,9-,11-/m1/s1. The van der Waals surface area contributed by atoms with Gasteiger partial charge in [-0.15, -0.1) is 0 Å². The largest absolute Gasteiger partial charge is 0.393 e. The number of guanidine groups is 1. The van der Waals surface area contributed by atoms with Gasteiger partial charge in [0.1, 0.15) is 17.9 Å². The van der Waals surface area contributed by atoms with E-state index in [4.69, 9.17) is 16.0 Å². The number of ether oxygens (including phenoxy) is 1. The van der Waals surface area contributed by atoms with Gasteiger partial charge in [-0.25, -0.2) is 4.98 Å². The number of hydrogen-bond acceptors (Lipinski definition) is 9. The molecule has 0 amide bonds. The molecule has 2 aliphatic rings. The number of nitrogens with two attached hydrogens (primary N) is 1. The SMILES string of the molecule is C=C1NC(N)=Nc2c1ncn2[C@@H]1O[C@@](CO)(N=[N+]=[N-])[C@@H](O)[C@H]1O. The summed E-state index contributed by atoms with van der Waals surface area (Å²) < 4.78 is 6.75. The summed E-state index contributed by atoms with van der Waals surface area (Å²) in [6.45, 7) is 2.93. The van der Waals surface area contributed by atoms with E-state index in [9.17, 15) is 15.3 Å². The summed E-state index contributed by atoms with van der Waals surface area (Å²) in [7, 11) is 0. The second-order valence-electron chi connectivity index (χ2n) is 5.06. The minimum atomic E-state index is -2.00. The topological polar surface area (TPSA) is 187 Å². The van der Waals surface area contributed by atoms with E-state index in [0.29, 0.717) is 11.4 Å². The number of aromatic nitrogens is 2. The number of nitrogens with zero attached hydrogens (tertiary/aromatic N) is 6. The Morgan fingerprint density at radius 1 is 1.61 bits per heavy atom. The van der Waals surface area contributed by atoms with Gasteiger partial charge in [0.05, 0.1) is 18.6 Å². The van der Waals surface area contributed by atoms with Crippen LogP contribution in [0.1, 0.15) is 11.9 Å². The van der Waals surface area contributed by atoms with Crippen molar-refractivity contribution in [2.75, 3.05) is 6.61 Å². The summed E-state index contributed by atoms with van der Waals surface area (Å²) in [6, 6.07) is 0. The number of imidazole rings is 1. The first-order valence-corrected chi connectivity index (χ1v) is 6.52. The summed E-state index contributed by atoms with van der Waals surface area (Å²) in [6.07, 6.45) is -3.02. The zero-order valence-corrected chi connectivity index (χ0v) is 11.7. The van der Waals surface area contributed by atoms with Gasteiger partial charge < -0.3 is 31.1 Å². The van der Waals surface area contributed by atoms with Crippen LogP contribution in [-0.2, 0) is 4.74 Å². The zero-order valence-electron chi connectivity index (χ0n) is 11.7. The van der Waals surface area contributed by atoms with Crippen LogP contribution < -0.4 is 11.1 Å². The fraction of sp³-hybridized carbons (Fsp3) is 0.455. The number of aliphatic imine (C=N–C) groups is 1. The molecule has 12 heteroatoms. The number of nitrogens with one attached hydrogen (secondary N) is 1. The number of rotatable bonds is 3. The van der Waals surface area contributed by atoms with Crippen molar-refractivity contribution >= 4 is 17.5 Å². The van der Waals surface area contributed by atoms with Crippen LogP contribution in [0.15, 0.2) is 23.0 Å². The third-order valence-corrected chi connectivity index (χ3v) is 3.68. The van der Waals surface area contributed by atoms with Crippen molar-refractivity contribution in [3.8, 4) is 0 Å². The van der Waals surface area contributed by atoms with Crippen LogP contribution in [0.5, 0.6) is 0 Å². The molecule has 12 nitrogen and oxygen atoms in total. The quantitative estimate of drug-likeness (QED) is 0.258. The molecule has 23 heavy (non-hydrogen) atoms. The van der Waals surface area contributed by atoms with Crippen LogP contribution in [0.2, 0.25) is 0 Å². The van der Waals surface area contributed by atoms with E-state index in [2.05, 4.69) is 31.9 Å². The molecule has 0 aromatic carbocycles. The number of aliphatic hydroxyl groups is 3. The van der Waals surface area contributed by atoms with Gasteiger partial charge in [-0.2, -0.15) is 4.99 Å². The first-order valence-electron chi connectivity index (χ1n) is 6.52. The van der Waals surface area contributed by atoms with Gasteiger partial charge in [0.15, 0.2) is 18.0 Å². The average Bonchev–Trinajstić information content (AvgIpc) is 3.03. The average molecular weight is 322 g/mol. The van der Waals surface area contributed by atoms with Crippen LogP contribution in [0.4, 0.5) is 5.82 Å². The minimum absolute atomic E-state index is 0.0701. The second-order valence-corrected chi connectivity index (χ2v) is 5.06. The smallest absolute Gasteiger partial charge is 0.200 e. The molecule has 1 aromatic heterocycles. The molecule has 0 unspecified atom stereocenters. The highest BCUT2D eigenvalue weighted by molar-refractivity contribution is 5.93. The predicted molar refractivity (Wildman–Crippen MR) is 76.8 cm³/mol. The van der Waals surface area contributed by atoms with Crippen molar-refractivity contribution in [2.24, 2.45) is 15.8 Å². The molecule has 1 aromatic rings. The Bertz CT molecular complexity index is 738. The van der Waals surface area contributed by atoms with Gasteiger partial charge in [0.25, 0.3) is 0 Å². The Morgan fingerprint density at radius 3 is 3.00 bits per heavy atom. The highest BCUT2D eigenvalue weighted by Crippen LogP contribution is 2.41. The number of fused-ring (bicyclic) bond motifs is 1. The van der Waals surface area contributed by atoms with Gasteiger partial charge in [-0.3, -0.25) is 4.57 Å². The molecule has 4 atom stereocenters. The monoisotopic (exact) mass is 322 g/mol. The fourth-order valence-corrected chi connectivity index (χ4v) is 2.53. The van der Waals surface area contributed by atoms with E-state index < -0.39 is 30.8 Å². The maximum atomic E-state index is 10.2. The molecule has 122 valence electrons. The Hall–Kier alpha value is -2.63. The third-order valence-electron chi connectivity index (χ3n) is 3.68. The fourth-order valence-electron chi connectivity index (χ4n) is 2.53. The maximum absolute atomic E-state index is 10.2. The lowest BCUT2D eigenvalue weighted by Crippen LogP contribution is -2.44. The molecular formula is C11H14N8O4. The zero-order chi connectivity index (χ0) is 16.8. The van der Waals surface area contributed by atoms with E-state index in [1.54, 1.807) is 0 Å². The lowest BCUT2D eigenvalue weighted by molar-refractivity contribution is -0.123. The first-order chi connectivity index (χ1) is 10.9. The molecule has 6 N–H and O–H groups in total. The Balaban J connectivity index is 2.05. The van der Waals surface area contributed by atoms with Crippen LogP contribution in [0.25, 0.3) is 16.1 Å². The summed E-state index contributed by atoms with van der Waals surface area (Å²) in [5.74, 6) is 0.318. The van der Waals surface area contributed by atoms with Crippen molar-refractivity contribution in [1.82, 2.24) is 14.9 Å². The molecule has 0 spiro atoms. The van der Waals surface area contributed by atoms with Crippen LogP contribution in [0.3, 0.4) is 0 Å². The van der Waals surface area contributed by atoms with Crippen molar-refractivity contribution in [3.63, 3.8) is 0 Å². The van der Waals surface area contributed by atoms with Crippen LogP contribution >= 0.6 is 0 Å². The number of azide groups is 1. The normalized spacial score (nSPS) is 32.7. The molecule has 2 aliphatic heterocycles. The van der Waals surface area contributed by atoms with E-state index in [0.717, 1.165) is 0 Å². The molecule has 1 fully saturated rings. The summed E-state index contributed by atoms with van der Waals surface area (Å²) in [5, 5.41) is 35.7. The van der Waals surface area contributed by atoms with Crippen molar-refractivity contribution < 1.29 is 20.1 Å². The van der Waals surface area contributed by atoms with Gasteiger partial charge in [0, 0.05) is 4.91 Å². The maximum Gasteiger partial charge on any atom is 0.200 e. The van der Waals surface area contributed by atoms with Crippen molar-refractivity contribution in [3.05, 3.63) is 29.0 Å². The van der Waals surface area contributed by atoms with Gasteiger partial charge in [-0.1, -0.05) is 11.7 Å². The van der Waals surface area contributed by atoms with Gasteiger partial charge in [-0.05, 0) is 5.53 Å². The van der Waals surface area contributed by atoms with Gasteiger partial charge in [0.2, 0.25) is 5.72 Å². The van der Waals surface area contributed by atoms with Crippen LogP contribution in [-0.4, -0.2) is 55.4 Å². The molecule has 1 saturated heterocycles. The summed E-state index contributed by atoms with van der Waals surface area (Å²) >= 11 is 0. The minimum Gasteiger partial charge on any atom is -0.393 e. The summed E-state index contributed by atoms with van der Waals surface area (Å²) in [5.41, 5.74) is 13.0. The highest BCUT2D eigenvalue weighted by atomic mass is 16.6. The molecule has 0 radical (unpaired) electrons. The molecule has 0 saturated carbocycles. The molecule has 0 bridgehead atoms. The molecule has 3 heterocycles. The number of hydrogen-bond donors (Lipinski definition) is 5. The summed E-state index contributed by atoms with van der Waals surface area (Å²) in [4.78, 5) is 10.7. The van der Waals surface area contributed by atoms with Crippen LogP contribution in [0, 0.1) is 0 Å². The van der Waals surface area contributed by atoms with Crippen molar-refractivity contribution in [2.45, 2.75) is 24.2 Å². The van der Waals surface area contributed by atoms with E-state index >= 15 is 0 Å². The van der Waals surface area contributed by atoms with Crippen molar-refractivity contribution in [1.29, 1.82) is 0 Å². The molecule has 0 aliphatic carbocycles.